The summed E-state index contributed by atoms with van der Waals surface area (Å²) in [5.41, 5.74) is 11.9. The Kier molecular flexibility index (Phi) is 3.91. The quantitative estimate of drug-likeness (QED) is 0.899. The fourth-order valence-corrected chi connectivity index (χ4v) is 2.56. The van der Waals surface area contributed by atoms with Gasteiger partial charge in [-0.3, -0.25) is 0 Å². The molecule has 2 aromatic carbocycles. The van der Waals surface area contributed by atoms with E-state index in [-0.39, 0.29) is 6.04 Å². The summed E-state index contributed by atoms with van der Waals surface area (Å²) in [4.78, 5) is 0. The van der Waals surface area contributed by atoms with Gasteiger partial charge in [0.1, 0.15) is 5.75 Å². The maximum atomic E-state index is 6.08. The minimum Gasteiger partial charge on any atom is -0.496 e. The van der Waals surface area contributed by atoms with E-state index < -0.39 is 0 Å². The van der Waals surface area contributed by atoms with Gasteiger partial charge in [-0.2, -0.15) is 0 Å². The SMILES string of the molecule is COc1cc(C)cc(C)c1-c1ccccc1C(C)N. The van der Waals surface area contributed by atoms with Crippen LogP contribution >= 0.6 is 0 Å². The van der Waals surface area contributed by atoms with Crippen LogP contribution in [0, 0.1) is 13.8 Å². The fourth-order valence-electron chi connectivity index (χ4n) is 2.56. The number of aryl methyl sites for hydroxylation is 2. The number of hydrogen-bond acceptors (Lipinski definition) is 2. The highest BCUT2D eigenvalue weighted by molar-refractivity contribution is 5.77. The zero-order valence-electron chi connectivity index (χ0n) is 12.0. The van der Waals surface area contributed by atoms with Gasteiger partial charge in [-0.15, -0.1) is 0 Å². The highest BCUT2D eigenvalue weighted by atomic mass is 16.5. The molecular formula is C17H21NO. The molecule has 0 aliphatic heterocycles. The second-order valence-corrected chi connectivity index (χ2v) is 5.04. The van der Waals surface area contributed by atoms with Gasteiger partial charge in [0, 0.05) is 11.6 Å². The van der Waals surface area contributed by atoms with Crippen LogP contribution in [0.5, 0.6) is 5.75 Å². The molecule has 2 heteroatoms. The number of ether oxygens (including phenoxy) is 1. The van der Waals surface area contributed by atoms with E-state index in [1.807, 2.05) is 19.1 Å². The number of benzene rings is 2. The Morgan fingerprint density at radius 2 is 1.79 bits per heavy atom. The van der Waals surface area contributed by atoms with Crippen molar-refractivity contribution < 1.29 is 4.74 Å². The van der Waals surface area contributed by atoms with Crippen LogP contribution in [0.3, 0.4) is 0 Å². The summed E-state index contributed by atoms with van der Waals surface area (Å²) in [7, 11) is 1.71. The molecule has 2 N–H and O–H groups in total. The third-order valence-electron chi connectivity index (χ3n) is 3.38. The fraction of sp³-hybridized carbons (Fsp3) is 0.294. The molecule has 2 aromatic rings. The Bertz CT molecular complexity index is 588. The van der Waals surface area contributed by atoms with E-state index in [4.69, 9.17) is 10.5 Å². The van der Waals surface area contributed by atoms with Gasteiger partial charge in [-0.1, -0.05) is 30.3 Å². The van der Waals surface area contributed by atoms with Crippen molar-refractivity contribution in [1.29, 1.82) is 0 Å². The molecular weight excluding hydrogens is 234 g/mol. The van der Waals surface area contributed by atoms with Crippen LogP contribution in [0.15, 0.2) is 36.4 Å². The van der Waals surface area contributed by atoms with E-state index in [1.54, 1.807) is 7.11 Å². The molecule has 1 unspecified atom stereocenters. The maximum Gasteiger partial charge on any atom is 0.127 e. The first kappa shape index (κ1) is 13.6. The second-order valence-electron chi connectivity index (χ2n) is 5.04. The molecule has 0 aliphatic rings. The van der Waals surface area contributed by atoms with Gasteiger partial charge in [0.25, 0.3) is 0 Å². The topological polar surface area (TPSA) is 35.2 Å². The van der Waals surface area contributed by atoms with E-state index in [2.05, 4.69) is 38.1 Å². The summed E-state index contributed by atoms with van der Waals surface area (Å²) < 4.78 is 5.56. The van der Waals surface area contributed by atoms with Crippen LogP contribution in [0.25, 0.3) is 11.1 Å². The molecule has 2 rings (SSSR count). The summed E-state index contributed by atoms with van der Waals surface area (Å²) in [6.07, 6.45) is 0. The molecule has 100 valence electrons. The predicted octanol–water partition coefficient (Wildman–Crippen LogP) is 4.00. The molecule has 0 amide bonds. The maximum absolute atomic E-state index is 6.08. The Morgan fingerprint density at radius 3 is 2.42 bits per heavy atom. The van der Waals surface area contributed by atoms with E-state index >= 15 is 0 Å². The second kappa shape index (κ2) is 5.45. The lowest BCUT2D eigenvalue weighted by Crippen LogP contribution is -2.07. The van der Waals surface area contributed by atoms with Gasteiger partial charge < -0.3 is 10.5 Å². The first-order valence-electron chi connectivity index (χ1n) is 6.54. The molecule has 0 aromatic heterocycles. The van der Waals surface area contributed by atoms with Crippen LogP contribution in [-0.4, -0.2) is 7.11 Å². The molecule has 0 saturated carbocycles. The Labute approximate surface area is 115 Å². The van der Waals surface area contributed by atoms with Gasteiger partial charge in [0.2, 0.25) is 0 Å². The molecule has 2 nitrogen and oxygen atoms in total. The minimum atomic E-state index is 0.00149. The predicted molar refractivity (Wildman–Crippen MR) is 80.5 cm³/mol. The molecule has 0 bridgehead atoms. The summed E-state index contributed by atoms with van der Waals surface area (Å²) in [5, 5.41) is 0. The van der Waals surface area contributed by atoms with Crippen LogP contribution in [0.2, 0.25) is 0 Å². The molecule has 0 aliphatic carbocycles. The molecule has 0 fully saturated rings. The van der Waals surface area contributed by atoms with E-state index in [0.717, 1.165) is 22.4 Å². The van der Waals surface area contributed by atoms with Gasteiger partial charge in [-0.25, -0.2) is 0 Å². The zero-order chi connectivity index (χ0) is 14.0. The van der Waals surface area contributed by atoms with Crippen molar-refractivity contribution in [2.75, 3.05) is 7.11 Å². The van der Waals surface area contributed by atoms with Crippen molar-refractivity contribution in [1.82, 2.24) is 0 Å². The number of hydrogen-bond donors (Lipinski definition) is 1. The Morgan fingerprint density at radius 1 is 1.11 bits per heavy atom. The lowest BCUT2D eigenvalue weighted by molar-refractivity contribution is 0.416. The van der Waals surface area contributed by atoms with E-state index in [1.165, 1.54) is 11.1 Å². The smallest absolute Gasteiger partial charge is 0.127 e. The lowest BCUT2D eigenvalue weighted by Gasteiger charge is -2.18. The first-order chi connectivity index (χ1) is 9.04. The Balaban J connectivity index is 2.72. The van der Waals surface area contributed by atoms with Gasteiger partial charge in [0.15, 0.2) is 0 Å². The van der Waals surface area contributed by atoms with Gasteiger partial charge in [0.05, 0.1) is 7.11 Å². The highest BCUT2D eigenvalue weighted by Crippen LogP contribution is 2.37. The molecule has 1 atom stereocenters. The van der Waals surface area contributed by atoms with Gasteiger partial charge >= 0.3 is 0 Å². The third kappa shape index (κ3) is 2.64. The van der Waals surface area contributed by atoms with Crippen LogP contribution < -0.4 is 10.5 Å². The Hall–Kier alpha value is -1.80. The van der Waals surface area contributed by atoms with Crippen LogP contribution in [0.1, 0.15) is 29.7 Å². The highest BCUT2D eigenvalue weighted by Gasteiger charge is 2.15. The average molecular weight is 255 g/mol. The molecule has 0 saturated heterocycles. The normalized spacial score (nSPS) is 12.3. The lowest BCUT2D eigenvalue weighted by atomic mass is 9.91. The largest absolute Gasteiger partial charge is 0.496 e. The summed E-state index contributed by atoms with van der Waals surface area (Å²) in [5.74, 6) is 0.908. The van der Waals surface area contributed by atoms with Crippen molar-refractivity contribution in [2.24, 2.45) is 5.73 Å². The number of nitrogens with two attached hydrogens (primary N) is 1. The van der Waals surface area contributed by atoms with Crippen molar-refractivity contribution in [2.45, 2.75) is 26.8 Å². The summed E-state index contributed by atoms with van der Waals surface area (Å²) >= 11 is 0. The minimum absolute atomic E-state index is 0.00149. The zero-order valence-corrected chi connectivity index (χ0v) is 12.0. The van der Waals surface area contributed by atoms with Crippen molar-refractivity contribution in [3.63, 3.8) is 0 Å². The van der Waals surface area contributed by atoms with Crippen molar-refractivity contribution in [3.8, 4) is 16.9 Å². The van der Waals surface area contributed by atoms with Crippen molar-refractivity contribution in [3.05, 3.63) is 53.1 Å². The molecule has 0 radical (unpaired) electrons. The average Bonchev–Trinajstić information content (AvgIpc) is 2.37. The van der Waals surface area contributed by atoms with Crippen LogP contribution in [0.4, 0.5) is 0 Å². The monoisotopic (exact) mass is 255 g/mol. The summed E-state index contributed by atoms with van der Waals surface area (Å²) in [6, 6.07) is 12.5. The number of rotatable bonds is 3. The molecule has 0 heterocycles. The van der Waals surface area contributed by atoms with Gasteiger partial charge in [-0.05, 0) is 49.1 Å². The third-order valence-corrected chi connectivity index (χ3v) is 3.38. The molecule has 0 spiro atoms. The number of methoxy groups -OCH3 is 1. The molecule has 19 heavy (non-hydrogen) atoms. The first-order valence-corrected chi connectivity index (χ1v) is 6.54. The summed E-state index contributed by atoms with van der Waals surface area (Å²) in [6.45, 7) is 6.20. The standard InChI is InChI=1S/C17H21NO/c1-11-9-12(2)17(16(10-11)19-4)15-8-6-5-7-14(15)13(3)18/h5-10,13H,18H2,1-4H3. The van der Waals surface area contributed by atoms with E-state index in [9.17, 15) is 0 Å². The van der Waals surface area contributed by atoms with E-state index in [0.29, 0.717) is 0 Å². The van der Waals surface area contributed by atoms with Crippen LogP contribution in [-0.2, 0) is 0 Å². The van der Waals surface area contributed by atoms with Crippen molar-refractivity contribution >= 4 is 0 Å².